The SMILES string of the molecule is CC(C)N1CCN(C2(CNC3CCN(c4cccc(C5=Cc6cc(C#N)ccc6C5)c4)CC3)CCC2)CC1. The monoisotopic (exact) mass is 509 g/mol. The van der Waals surface area contributed by atoms with Gasteiger partial charge >= 0.3 is 0 Å². The molecule has 2 aromatic rings. The van der Waals surface area contributed by atoms with Gasteiger partial charge in [0.2, 0.25) is 0 Å². The van der Waals surface area contributed by atoms with Gasteiger partial charge in [0.15, 0.2) is 0 Å². The molecule has 0 atom stereocenters. The second kappa shape index (κ2) is 10.8. The van der Waals surface area contributed by atoms with Crippen molar-refractivity contribution >= 4 is 17.3 Å². The average Bonchev–Trinajstić information content (AvgIpc) is 3.37. The number of benzene rings is 2. The molecule has 3 fully saturated rings. The molecule has 2 aromatic carbocycles. The predicted molar refractivity (Wildman–Crippen MR) is 157 cm³/mol. The topological polar surface area (TPSA) is 45.5 Å². The van der Waals surface area contributed by atoms with Gasteiger partial charge in [-0.2, -0.15) is 5.26 Å². The van der Waals surface area contributed by atoms with Crippen molar-refractivity contribution in [2.24, 2.45) is 0 Å². The van der Waals surface area contributed by atoms with Crippen molar-refractivity contribution in [2.75, 3.05) is 50.7 Å². The van der Waals surface area contributed by atoms with Gasteiger partial charge in [-0.05, 0) is 98.9 Å². The fourth-order valence-corrected chi connectivity index (χ4v) is 7.07. The Morgan fingerprint density at radius 2 is 1.79 bits per heavy atom. The van der Waals surface area contributed by atoms with Crippen molar-refractivity contribution in [1.82, 2.24) is 15.1 Å². The largest absolute Gasteiger partial charge is 0.371 e. The quantitative estimate of drug-likeness (QED) is 0.559. The lowest BCUT2D eigenvalue weighted by Gasteiger charge is -2.54. The number of hydrogen-bond acceptors (Lipinski definition) is 5. The van der Waals surface area contributed by atoms with E-state index in [0.29, 0.717) is 17.6 Å². The maximum Gasteiger partial charge on any atom is 0.0991 e. The molecule has 2 saturated heterocycles. The minimum absolute atomic E-state index is 0.412. The summed E-state index contributed by atoms with van der Waals surface area (Å²) in [6.45, 7) is 13.0. The van der Waals surface area contributed by atoms with Crippen molar-refractivity contribution in [1.29, 1.82) is 5.26 Å². The van der Waals surface area contributed by atoms with Gasteiger partial charge in [0.1, 0.15) is 0 Å². The Morgan fingerprint density at radius 1 is 1.00 bits per heavy atom. The Hall–Kier alpha value is -2.65. The third-order valence-corrected chi connectivity index (χ3v) is 9.78. The van der Waals surface area contributed by atoms with E-state index < -0.39 is 0 Å². The summed E-state index contributed by atoms with van der Waals surface area (Å²) in [5.41, 5.74) is 7.67. The summed E-state index contributed by atoms with van der Waals surface area (Å²) in [5, 5.41) is 13.3. The highest BCUT2D eigenvalue weighted by Crippen LogP contribution is 2.38. The van der Waals surface area contributed by atoms with Crippen LogP contribution >= 0.6 is 0 Å². The van der Waals surface area contributed by atoms with E-state index in [-0.39, 0.29) is 0 Å². The highest BCUT2D eigenvalue weighted by molar-refractivity contribution is 5.89. The molecule has 6 rings (SSSR count). The first-order valence-electron chi connectivity index (χ1n) is 14.8. The Labute approximate surface area is 229 Å². The maximum absolute atomic E-state index is 9.24. The molecule has 0 aromatic heterocycles. The fourth-order valence-electron chi connectivity index (χ4n) is 7.07. The number of nitrogens with zero attached hydrogens (tertiary/aromatic N) is 4. The van der Waals surface area contributed by atoms with Crippen molar-refractivity contribution in [2.45, 2.75) is 70.0 Å². The number of anilines is 1. The number of nitriles is 1. The van der Waals surface area contributed by atoms with Crippen LogP contribution in [0.1, 0.15) is 68.2 Å². The number of piperazine rings is 1. The van der Waals surface area contributed by atoms with Gasteiger partial charge in [0, 0.05) is 69.1 Å². The van der Waals surface area contributed by atoms with Crippen molar-refractivity contribution in [3.05, 3.63) is 64.7 Å². The Bertz CT molecular complexity index is 1200. The van der Waals surface area contributed by atoms with Crippen LogP contribution in [0, 0.1) is 11.3 Å². The molecule has 2 heterocycles. The highest BCUT2D eigenvalue weighted by Gasteiger charge is 2.43. The minimum atomic E-state index is 0.412. The number of allylic oxidation sites excluding steroid dienone is 1. The van der Waals surface area contributed by atoms with E-state index in [0.717, 1.165) is 31.6 Å². The number of piperidine rings is 1. The van der Waals surface area contributed by atoms with Gasteiger partial charge < -0.3 is 10.2 Å². The van der Waals surface area contributed by atoms with Crippen LogP contribution in [0.3, 0.4) is 0 Å². The standard InChI is InChI=1S/C33H43N5/c1-25(2)36-15-17-38(18-16-36)33(11-4-12-33)24-35-31-9-13-37(14-10-31)32-6-3-5-27(22-32)30-20-28-8-7-26(23-34)19-29(28)21-30/h3,5-8,19,21-22,25,31,35H,4,9-18,20,24H2,1-2H3. The summed E-state index contributed by atoms with van der Waals surface area (Å²) in [6, 6.07) is 18.7. The third-order valence-electron chi connectivity index (χ3n) is 9.78. The zero-order chi connectivity index (χ0) is 26.1. The molecule has 0 radical (unpaired) electrons. The highest BCUT2D eigenvalue weighted by atomic mass is 15.3. The predicted octanol–water partition coefficient (Wildman–Crippen LogP) is 5.16. The molecule has 0 bridgehead atoms. The molecule has 38 heavy (non-hydrogen) atoms. The molecule has 0 amide bonds. The lowest BCUT2D eigenvalue weighted by molar-refractivity contribution is -0.0252. The molecular weight excluding hydrogens is 466 g/mol. The van der Waals surface area contributed by atoms with Gasteiger partial charge in [0.05, 0.1) is 11.6 Å². The van der Waals surface area contributed by atoms with Crippen LogP contribution in [-0.4, -0.2) is 73.2 Å². The lowest BCUT2D eigenvalue weighted by atomic mass is 9.74. The molecular formula is C33H43N5. The number of fused-ring (bicyclic) bond motifs is 1. The normalized spacial score (nSPS) is 22.2. The zero-order valence-corrected chi connectivity index (χ0v) is 23.3. The first-order chi connectivity index (χ1) is 18.5. The van der Waals surface area contributed by atoms with Gasteiger partial charge in [-0.25, -0.2) is 0 Å². The van der Waals surface area contributed by atoms with Crippen LogP contribution in [0.5, 0.6) is 0 Å². The first-order valence-corrected chi connectivity index (χ1v) is 14.8. The van der Waals surface area contributed by atoms with Crippen LogP contribution in [0.4, 0.5) is 5.69 Å². The number of hydrogen-bond donors (Lipinski definition) is 1. The van der Waals surface area contributed by atoms with E-state index >= 15 is 0 Å². The maximum atomic E-state index is 9.24. The van der Waals surface area contributed by atoms with Crippen LogP contribution in [0.2, 0.25) is 0 Å². The van der Waals surface area contributed by atoms with Crippen LogP contribution in [-0.2, 0) is 6.42 Å². The van der Waals surface area contributed by atoms with Crippen molar-refractivity contribution in [3.63, 3.8) is 0 Å². The molecule has 1 saturated carbocycles. The smallest absolute Gasteiger partial charge is 0.0991 e. The van der Waals surface area contributed by atoms with Crippen LogP contribution in [0.15, 0.2) is 42.5 Å². The molecule has 0 unspecified atom stereocenters. The molecule has 200 valence electrons. The van der Waals surface area contributed by atoms with E-state index in [4.69, 9.17) is 0 Å². The Balaban J connectivity index is 1.02. The third kappa shape index (κ3) is 5.15. The van der Waals surface area contributed by atoms with Crippen LogP contribution < -0.4 is 10.2 Å². The minimum Gasteiger partial charge on any atom is -0.371 e. The summed E-state index contributed by atoms with van der Waals surface area (Å²) in [7, 11) is 0. The summed E-state index contributed by atoms with van der Waals surface area (Å²) in [5.74, 6) is 0. The van der Waals surface area contributed by atoms with Crippen molar-refractivity contribution < 1.29 is 0 Å². The van der Waals surface area contributed by atoms with Crippen LogP contribution in [0.25, 0.3) is 11.6 Å². The van der Waals surface area contributed by atoms with E-state index in [1.54, 1.807) is 0 Å². The summed E-state index contributed by atoms with van der Waals surface area (Å²) in [4.78, 5) is 8.02. The van der Waals surface area contributed by atoms with Gasteiger partial charge in [0.25, 0.3) is 0 Å². The summed E-state index contributed by atoms with van der Waals surface area (Å²) in [6.07, 6.45) is 9.77. The average molecular weight is 510 g/mol. The molecule has 5 heteroatoms. The zero-order valence-electron chi connectivity index (χ0n) is 23.3. The Morgan fingerprint density at radius 3 is 2.47 bits per heavy atom. The van der Waals surface area contributed by atoms with Gasteiger partial charge in [-0.15, -0.1) is 0 Å². The van der Waals surface area contributed by atoms with E-state index in [9.17, 15) is 5.26 Å². The van der Waals surface area contributed by atoms with E-state index in [2.05, 4.69) is 76.3 Å². The summed E-state index contributed by atoms with van der Waals surface area (Å²) >= 11 is 0. The molecule has 4 aliphatic rings. The second-order valence-corrected chi connectivity index (χ2v) is 12.3. The molecule has 0 spiro atoms. The van der Waals surface area contributed by atoms with Gasteiger partial charge in [-0.3, -0.25) is 9.80 Å². The number of nitrogens with one attached hydrogen (secondary N) is 1. The summed E-state index contributed by atoms with van der Waals surface area (Å²) < 4.78 is 0. The Kier molecular flexibility index (Phi) is 7.31. The fraction of sp³-hybridized carbons (Fsp3) is 0.545. The lowest BCUT2D eigenvalue weighted by Crippen LogP contribution is -2.65. The second-order valence-electron chi connectivity index (χ2n) is 12.3. The van der Waals surface area contributed by atoms with E-state index in [1.807, 2.05) is 12.1 Å². The molecule has 5 nitrogen and oxygen atoms in total. The number of rotatable bonds is 7. The molecule has 2 aliphatic carbocycles. The van der Waals surface area contributed by atoms with Gasteiger partial charge in [-0.1, -0.05) is 24.3 Å². The van der Waals surface area contributed by atoms with E-state index in [1.165, 1.54) is 86.2 Å². The first kappa shape index (κ1) is 25.6. The van der Waals surface area contributed by atoms with Crippen molar-refractivity contribution in [3.8, 4) is 6.07 Å². The molecule has 1 N–H and O–H groups in total. The molecule has 2 aliphatic heterocycles.